The zero-order valence-corrected chi connectivity index (χ0v) is 21.2. The van der Waals surface area contributed by atoms with Crippen LogP contribution in [0.3, 0.4) is 0 Å². The van der Waals surface area contributed by atoms with E-state index in [0.29, 0.717) is 35.0 Å². The zero-order chi connectivity index (χ0) is 25.5. The summed E-state index contributed by atoms with van der Waals surface area (Å²) in [6, 6.07) is 11.7. The minimum atomic E-state index is -0.421. The van der Waals surface area contributed by atoms with Gasteiger partial charge in [-0.2, -0.15) is 0 Å². The average Bonchev–Trinajstić information content (AvgIpc) is 2.89. The highest BCUT2D eigenvalue weighted by molar-refractivity contribution is 6.04. The zero-order valence-electron chi connectivity index (χ0n) is 21.2. The van der Waals surface area contributed by atoms with Gasteiger partial charge in [-0.25, -0.2) is 9.59 Å². The quantitative estimate of drug-likeness (QED) is 0.529. The molecule has 0 saturated carbocycles. The summed E-state index contributed by atoms with van der Waals surface area (Å²) in [7, 11) is 0. The first-order chi connectivity index (χ1) is 17.4. The Morgan fingerprint density at radius 2 is 1.53 bits per heavy atom. The van der Waals surface area contributed by atoms with Crippen LogP contribution in [0, 0.1) is 5.92 Å². The number of nitrogens with one attached hydrogen (secondary N) is 2. The van der Waals surface area contributed by atoms with Gasteiger partial charge in [-0.15, -0.1) is 0 Å². The predicted molar refractivity (Wildman–Crippen MR) is 142 cm³/mol. The molecule has 36 heavy (non-hydrogen) atoms. The molecule has 2 aliphatic rings. The summed E-state index contributed by atoms with van der Waals surface area (Å²) in [5.41, 5.74) is 3.11. The molecule has 3 amide bonds. The molecule has 0 spiro atoms. The molecule has 2 N–H and O–H groups in total. The molecule has 0 aromatic heterocycles. The van der Waals surface area contributed by atoms with Crippen LogP contribution in [0.25, 0.3) is 0 Å². The predicted octanol–water partition coefficient (Wildman–Crippen LogP) is 5.37. The van der Waals surface area contributed by atoms with Crippen LogP contribution < -0.4 is 15.5 Å². The SMILES string of the molecule is CCOC(=O)c1ccc(NC(=O)Nc2ccc(N3CCCCC3)c(C(=O)N3CCC(C)CC3)c2)cc1. The van der Waals surface area contributed by atoms with Crippen molar-refractivity contribution in [1.82, 2.24) is 4.90 Å². The number of esters is 1. The Balaban J connectivity index is 1.48. The van der Waals surface area contributed by atoms with Crippen LogP contribution in [0.15, 0.2) is 42.5 Å². The lowest BCUT2D eigenvalue weighted by Gasteiger charge is -2.34. The molecule has 2 aliphatic heterocycles. The Hall–Kier alpha value is -3.55. The van der Waals surface area contributed by atoms with E-state index in [0.717, 1.165) is 57.5 Å². The fourth-order valence-corrected chi connectivity index (χ4v) is 4.78. The Kier molecular flexibility index (Phi) is 8.46. The number of likely N-dealkylation sites (tertiary alicyclic amines) is 1. The second kappa shape index (κ2) is 11.9. The number of hydrogen-bond donors (Lipinski definition) is 2. The van der Waals surface area contributed by atoms with Crippen LogP contribution in [0.2, 0.25) is 0 Å². The van der Waals surface area contributed by atoms with Crippen LogP contribution in [0.1, 0.15) is 66.7 Å². The summed E-state index contributed by atoms with van der Waals surface area (Å²) < 4.78 is 4.99. The number of amides is 3. The van der Waals surface area contributed by atoms with Gasteiger partial charge < -0.3 is 25.2 Å². The van der Waals surface area contributed by atoms with Gasteiger partial charge in [0.05, 0.1) is 17.7 Å². The number of benzene rings is 2. The molecule has 2 fully saturated rings. The second-order valence-electron chi connectivity index (χ2n) is 9.63. The number of anilines is 3. The largest absolute Gasteiger partial charge is 0.462 e. The fourth-order valence-electron chi connectivity index (χ4n) is 4.78. The molecule has 192 valence electrons. The first-order valence-corrected chi connectivity index (χ1v) is 13.0. The number of piperidine rings is 2. The van der Waals surface area contributed by atoms with E-state index in [1.54, 1.807) is 37.3 Å². The van der Waals surface area contributed by atoms with Gasteiger partial charge in [-0.1, -0.05) is 6.92 Å². The Morgan fingerprint density at radius 1 is 0.889 bits per heavy atom. The molecule has 8 nitrogen and oxygen atoms in total. The van der Waals surface area contributed by atoms with Crippen LogP contribution in [0.5, 0.6) is 0 Å². The number of carbonyl (C=O) groups excluding carboxylic acids is 3. The highest BCUT2D eigenvalue weighted by atomic mass is 16.5. The van der Waals surface area contributed by atoms with E-state index in [-0.39, 0.29) is 5.91 Å². The lowest BCUT2D eigenvalue weighted by atomic mass is 9.98. The van der Waals surface area contributed by atoms with Crippen LogP contribution >= 0.6 is 0 Å². The van der Waals surface area contributed by atoms with Gasteiger partial charge in [0.15, 0.2) is 0 Å². The van der Waals surface area contributed by atoms with E-state index >= 15 is 0 Å². The minimum Gasteiger partial charge on any atom is -0.462 e. The van der Waals surface area contributed by atoms with E-state index in [2.05, 4.69) is 22.5 Å². The summed E-state index contributed by atoms with van der Waals surface area (Å²) in [4.78, 5) is 42.3. The number of carbonyl (C=O) groups is 3. The van der Waals surface area contributed by atoms with Crippen molar-refractivity contribution >= 4 is 35.0 Å². The van der Waals surface area contributed by atoms with E-state index in [9.17, 15) is 14.4 Å². The molecule has 0 unspecified atom stereocenters. The maximum Gasteiger partial charge on any atom is 0.338 e. The van der Waals surface area contributed by atoms with Gasteiger partial charge in [-0.05, 0) is 87.4 Å². The third-order valence-corrected chi connectivity index (χ3v) is 6.91. The maximum atomic E-state index is 13.6. The van der Waals surface area contributed by atoms with Crippen molar-refractivity contribution in [3.8, 4) is 0 Å². The monoisotopic (exact) mass is 492 g/mol. The maximum absolute atomic E-state index is 13.6. The van der Waals surface area contributed by atoms with Crippen molar-refractivity contribution in [2.45, 2.75) is 46.0 Å². The molecular formula is C28H36N4O4. The molecule has 0 aliphatic carbocycles. The Morgan fingerprint density at radius 3 is 2.19 bits per heavy atom. The molecule has 2 aromatic carbocycles. The molecule has 0 radical (unpaired) electrons. The van der Waals surface area contributed by atoms with Gasteiger partial charge in [0.25, 0.3) is 5.91 Å². The van der Waals surface area contributed by atoms with Gasteiger partial charge in [0, 0.05) is 43.2 Å². The third-order valence-electron chi connectivity index (χ3n) is 6.91. The Bertz CT molecular complexity index is 1070. The highest BCUT2D eigenvalue weighted by Crippen LogP contribution is 2.30. The standard InChI is InChI=1S/C28H36N4O4/c1-3-36-27(34)21-7-9-22(10-8-21)29-28(35)30-23-11-12-25(31-15-5-4-6-16-31)24(19-23)26(33)32-17-13-20(2)14-18-32/h7-12,19-20H,3-6,13-18H2,1-2H3,(H2,29,30,35). The van der Waals surface area contributed by atoms with Crippen LogP contribution in [-0.2, 0) is 4.74 Å². The number of ether oxygens (including phenoxy) is 1. The van der Waals surface area contributed by atoms with Gasteiger partial charge in [0.1, 0.15) is 0 Å². The smallest absolute Gasteiger partial charge is 0.338 e. The van der Waals surface area contributed by atoms with E-state index in [1.165, 1.54) is 6.42 Å². The fraction of sp³-hybridized carbons (Fsp3) is 0.464. The first kappa shape index (κ1) is 25.5. The molecule has 2 aromatic rings. The van der Waals surface area contributed by atoms with Crippen molar-refractivity contribution in [2.24, 2.45) is 5.92 Å². The van der Waals surface area contributed by atoms with Crippen molar-refractivity contribution in [1.29, 1.82) is 0 Å². The number of rotatable bonds is 6. The topological polar surface area (TPSA) is 91.0 Å². The summed E-state index contributed by atoms with van der Waals surface area (Å²) >= 11 is 0. The molecule has 0 atom stereocenters. The molecular weight excluding hydrogens is 456 g/mol. The summed E-state index contributed by atoms with van der Waals surface area (Å²) in [5, 5.41) is 5.63. The van der Waals surface area contributed by atoms with E-state index < -0.39 is 12.0 Å². The second-order valence-corrected chi connectivity index (χ2v) is 9.63. The van der Waals surface area contributed by atoms with Gasteiger partial charge in [-0.3, -0.25) is 4.79 Å². The highest BCUT2D eigenvalue weighted by Gasteiger charge is 2.26. The van der Waals surface area contributed by atoms with Gasteiger partial charge in [0.2, 0.25) is 0 Å². The van der Waals surface area contributed by atoms with Crippen LogP contribution in [-0.4, -0.2) is 55.6 Å². The summed E-state index contributed by atoms with van der Waals surface area (Å²) in [6.45, 7) is 7.69. The molecule has 2 heterocycles. The van der Waals surface area contributed by atoms with Gasteiger partial charge >= 0.3 is 12.0 Å². The molecule has 2 saturated heterocycles. The summed E-state index contributed by atoms with van der Waals surface area (Å²) in [5.74, 6) is 0.266. The van der Waals surface area contributed by atoms with Crippen molar-refractivity contribution in [2.75, 3.05) is 48.3 Å². The first-order valence-electron chi connectivity index (χ1n) is 13.0. The Labute approximate surface area is 213 Å². The van der Waals surface area contributed by atoms with Crippen LogP contribution in [0.4, 0.5) is 21.9 Å². The number of hydrogen-bond acceptors (Lipinski definition) is 5. The minimum absolute atomic E-state index is 0.0288. The van der Waals surface area contributed by atoms with E-state index in [4.69, 9.17) is 4.74 Å². The van der Waals surface area contributed by atoms with Crippen molar-refractivity contribution < 1.29 is 19.1 Å². The summed E-state index contributed by atoms with van der Waals surface area (Å²) in [6.07, 6.45) is 5.48. The lowest BCUT2D eigenvalue weighted by Crippen LogP contribution is -2.39. The average molecular weight is 493 g/mol. The number of nitrogens with zero attached hydrogens (tertiary/aromatic N) is 2. The van der Waals surface area contributed by atoms with Crippen molar-refractivity contribution in [3.63, 3.8) is 0 Å². The number of urea groups is 1. The molecule has 4 rings (SSSR count). The lowest BCUT2D eigenvalue weighted by molar-refractivity contribution is 0.0526. The molecule has 0 bridgehead atoms. The molecule has 8 heteroatoms. The normalized spacial score (nSPS) is 16.4. The third kappa shape index (κ3) is 6.36. The van der Waals surface area contributed by atoms with E-state index in [1.807, 2.05) is 17.0 Å². The van der Waals surface area contributed by atoms with Crippen molar-refractivity contribution in [3.05, 3.63) is 53.6 Å².